The lowest BCUT2D eigenvalue weighted by Crippen LogP contribution is -2.34. The molecular weight excluding hydrogens is 482 g/mol. The molecule has 9 nitrogen and oxygen atoms in total. The lowest BCUT2D eigenvalue weighted by Gasteiger charge is -2.25. The van der Waals surface area contributed by atoms with Gasteiger partial charge < -0.3 is 30.7 Å². The van der Waals surface area contributed by atoms with Gasteiger partial charge in [0.05, 0.1) is 5.69 Å². The Morgan fingerprint density at radius 3 is 2.61 bits per heavy atom. The van der Waals surface area contributed by atoms with Crippen LogP contribution in [0.4, 0.5) is 16.2 Å². The van der Waals surface area contributed by atoms with Crippen molar-refractivity contribution >= 4 is 34.9 Å². The number of carbonyl (C=O) groups is 2. The van der Waals surface area contributed by atoms with E-state index < -0.39 is 6.03 Å². The minimum Gasteiger partial charge on any atom is -0.488 e. The molecule has 0 atom stereocenters. The zero-order valence-electron chi connectivity index (χ0n) is 20.1. The predicted molar refractivity (Wildman–Crippen MR) is 139 cm³/mol. The smallest absolute Gasteiger partial charge is 0.323 e. The van der Waals surface area contributed by atoms with Crippen LogP contribution < -0.4 is 30.7 Å². The number of nitrogens with one attached hydrogen (secondary N) is 4. The summed E-state index contributed by atoms with van der Waals surface area (Å²) >= 11 is 6.33. The Morgan fingerprint density at radius 2 is 1.83 bits per heavy atom. The van der Waals surface area contributed by atoms with E-state index in [2.05, 4.69) is 26.3 Å². The van der Waals surface area contributed by atoms with Crippen molar-refractivity contribution in [2.75, 3.05) is 30.8 Å². The van der Waals surface area contributed by atoms with Gasteiger partial charge in [-0.15, -0.1) is 0 Å². The lowest BCUT2D eigenvalue weighted by molar-refractivity contribution is 0.0957. The first-order valence-corrected chi connectivity index (χ1v) is 12.0. The van der Waals surface area contributed by atoms with Crippen LogP contribution in [0.3, 0.4) is 0 Å². The van der Waals surface area contributed by atoms with E-state index in [-0.39, 0.29) is 17.7 Å². The van der Waals surface area contributed by atoms with E-state index in [1.807, 2.05) is 6.92 Å². The Labute approximate surface area is 214 Å². The molecule has 36 heavy (non-hydrogen) atoms. The number of carbonyl (C=O) groups excluding carboxylic acids is 2. The quantitative estimate of drug-likeness (QED) is 0.357. The van der Waals surface area contributed by atoms with E-state index >= 15 is 0 Å². The number of hydrogen-bond donors (Lipinski definition) is 4. The summed E-state index contributed by atoms with van der Waals surface area (Å²) in [6.45, 7) is 3.65. The fourth-order valence-corrected chi connectivity index (χ4v) is 3.89. The largest absolute Gasteiger partial charge is 0.488 e. The molecule has 10 heteroatoms. The molecule has 0 unspecified atom stereocenters. The zero-order chi connectivity index (χ0) is 25.5. The maximum Gasteiger partial charge on any atom is 0.323 e. The van der Waals surface area contributed by atoms with Gasteiger partial charge in [-0.1, -0.05) is 17.7 Å². The van der Waals surface area contributed by atoms with Crippen molar-refractivity contribution in [1.29, 1.82) is 0 Å². The average Bonchev–Trinajstić information content (AvgIpc) is 2.87. The van der Waals surface area contributed by atoms with Gasteiger partial charge >= 0.3 is 6.03 Å². The van der Waals surface area contributed by atoms with Crippen LogP contribution in [0.1, 0.15) is 28.9 Å². The van der Waals surface area contributed by atoms with E-state index in [1.54, 1.807) is 48.5 Å². The minimum absolute atomic E-state index is 0.0552. The molecule has 3 aromatic rings. The zero-order valence-corrected chi connectivity index (χ0v) is 20.8. The highest BCUT2D eigenvalue weighted by Gasteiger charge is 2.18. The number of amides is 3. The number of aromatic nitrogens is 1. The number of ether oxygens (including phenoxy) is 2. The molecule has 1 aliphatic rings. The number of nitrogens with zero attached hydrogens (tertiary/aromatic N) is 1. The van der Waals surface area contributed by atoms with Gasteiger partial charge in [-0.3, -0.25) is 9.78 Å². The van der Waals surface area contributed by atoms with E-state index in [0.29, 0.717) is 33.6 Å². The van der Waals surface area contributed by atoms with E-state index in [1.165, 1.54) is 13.2 Å². The highest BCUT2D eigenvalue weighted by Crippen LogP contribution is 2.33. The Kier molecular flexibility index (Phi) is 8.24. The maximum absolute atomic E-state index is 12.8. The standard InChI is InChI=1S/C26H28ClN5O4/c1-16-12-22(24(15-21(16)27)36-18-6-9-29-10-7-18)32-26(34)31-17-4-3-5-19(13-17)35-20-8-11-30-23(14-20)25(33)28-2/h3-5,8,11-15,18,29H,6-7,9-10H2,1-2H3,(H,28,33)(H2,31,32,34). The molecule has 0 aliphatic carbocycles. The number of aryl methyl sites for hydroxylation is 1. The Hall–Kier alpha value is -3.82. The Morgan fingerprint density at radius 1 is 1.06 bits per heavy atom. The van der Waals surface area contributed by atoms with E-state index in [0.717, 1.165) is 31.5 Å². The number of benzene rings is 2. The molecule has 2 aromatic carbocycles. The van der Waals surface area contributed by atoms with Crippen molar-refractivity contribution in [3.05, 3.63) is 71.0 Å². The molecule has 0 saturated carbocycles. The van der Waals surface area contributed by atoms with Gasteiger partial charge in [-0.05, 0) is 62.7 Å². The third kappa shape index (κ3) is 6.65. The summed E-state index contributed by atoms with van der Waals surface area (Å²) in [6, 6.07) is 13.2. The second-order valence-corrected chi connectivity index (χ2v) is 8.74. The molecular formula is C26H28ClN5O4. The topological polar surface area (TPSA) is 114 Å². The van der Waals surface area contributed by atoms with Gasteiger partial charge in [0.2, 0.25) is 0 Å². The van der Waals surface area contributed by atoms with Crippen molar-refractivity contribution in [3.8, 4) is 17.2 Å². The molecule has 0 radical (unpaired) electrons. The molecule has 1 fully saturated rings. The second-order valence-electron chi connectivity index (χ2n) is 8.33. The highest BCUT2D eigenvalue weighted by atomic mass is 35.5. The Balaban J connectivity index is 1.44. The van der Waals surface area contributed by atoms with Crippen LogP contribution in [-0.4, -0.2) is 43.2 Å². The van der Waals surface area contributed by atoms with E-state index in [9.17, 15) is 9.59 Å². The number of halogens is 1. The molecule has 1 aromatic heterocycles. The summed E-state index contributed by atoms with van der Waals surface area (Å²) in [6.07, 6.45) is 3.31. The van der Waals surface area contributed by atoms with Crippen LogP contribution in [0.15, 0.2) is 54.7 Å². The van der Waals surface area contributed by atoms with E-state index in [4.69, 9.17) is 21.1 Å². The third-order valence-corrected chi connectivity index (χ3v) is 6.01. The van der Waals surface area contributed by atoms with Gasteiger partial charge in [-0.25, -0.2) is 4.79 Å². The van der Waals surface area contributed by atoms with Crippen molar-refractivity contribution in [1.82, 2.24) is 15.6 Å². The first-order chi connectivity index (χ1) is 17.4. The van der Waals surface area contributed by atoms with Crippen LogP contribution in [0, 0.1) is 6.92 Å². The summed E-state index contributed by atoms with van der Waals surface area (Å²) in [5, 5.41) is 12.1. The summed E-state index contributed by atoms with van der Waals surface area (Å²) in [4.78, 5) is 28.7. The van der Waals surface area contributed by atoms with Gasteiger partial charge in [0.1, 0.15) is 29.0 Å². The molecule has 3 amide bonds. The van der Waals surface area contributed by atoms with Crippen molar-refractivity contribution in [2.45, 2.75) is 25.9 Å². The number of urea groups is 1. The first kappa shape index (κ1) is 25.3. The van der Waals surface area contributed by atoms with Gasteiger partial charge in [0.15, 0.2) is 0 Å². The summed E-state index contributed by atoms with van der Waals surface area (Å²) in [7, 11) is 1.53. The molecule has 188 valence electrons. The minimum atomic E-state index is -0.435. The highest BCUT2D eigenvalue weighted by molar-refractivity contribution is 6.31. The van der Waals surface area contributed by atoms with Crippen LogP contribution in [-0.2, 0) is 0 Å². The second kappa shape index (κ2) is 11.7. The third-order valence-electron chi connectivity index (χ3n) is 5.61. The van der Waals surface area contributed by atoms with Crippen LogP contribution >= 0.6 is 11.6 Å². The molecule has 1 aliphatic heterocycles. The number of rotatable bonds is 7. The predicted octanol–water partition coefficient (Wildman–Crippen LogP) is 4.97. The SMILES string of the molecule is CNC(=O)c1cc(Oc2cccc(NC(=O)Nc3cc(C)c(Cl)cc3OC3CCNCC3)c2)ccn1. The van der Waals surface area contributed by atoms with Gasteiger partial charge in [0.25, 0.3) is 5.91 Å². The lowest BCUT2D eigenvalue weighted by atomic mass is 10.1. The van der Waals surface area contributed by atoms with Crippen molar-refractivity contribution < 1.29 is 19.1 Å². The molecule has 4 rings (SSSR count). The van der Waals surface area contributed by atoms with Crippen molar-refractivity contribution in [3.63, 3.8) is 0 Å². The van der Waals surface area contributed by atoms with Crippen LogP contribution in [0.2, 0.25) is 5.02 Å². The average molecular weight is 510 g/mol. The monoisotopic (exact) mass is 509 g/mol. The summed E-state index contributed by atoms with van der Waals surface area (Å²) in [5.74, 6) is 1.16. The molecule has 0 spiro atoms. The van der Waals surface area contributed by atoms with Crippen molar-refractivity contribution in [2.24, 2.45) is 0 Å². The number of hydrogen-bond acceptors (Lipinski definition) is 6. The first-order valence-electron chi connectivity index (χ1n) is 11.6. The fraction of sp³-hybridized carbons (Fsp3) is 0.269. The van der Waals surface area contributed by atoms with Gasteiger partial charge in [0, 0.05) is 42.2 Å². The number of anilines is 2. The van der Waals surface area contributed by atoms with Crippen LogP contribution in [0.5, 0.6) is 17.2 Å². The molecule has 2 heterocycles. The normalized spacial score (nSPS) is 13.5. The maximum atomic E-state index is 12.8. The molecule has 1 saturated heterocycles. The molecule has 4 N–H and O–H groups in total. The van der Waals surface area contributed by atoms with Crippen LogP contribution in [0.25, 0.3) is 0 Å². The fourth-order valence-electron chi connectivity index (χ4n) is 3.74. The summed E-state index contributed by atoms with van der Waals surface area (Å²) in [5.41, 5.74) is 2.13. The Bertz CT molecular complexity index is 1250. The number of piperidine rings is 1. The number of pyridine rings is 1. The molecule has 0 bridgehead atoms. The summed E-state index contributed by atoms with van der Waals surface area (Å²) < 4.78 is 12.0. The van der Waals surface area contributed by atoms with Gasteiger partial charge in [-0.2, -0.15) is 0 Å².